The van der Waals surface area contributed by atoms with Crippen LogP contribution in [-0.2, 0) is 13.6 Å². The van der Waals surface area contributed by atoms with Crippen molar-refractivity contribution < 1.29 is 18.7 Å². The molecule has 1 N–H and O–H groups in total. The van der Waals surface area contributed by atoms with Crippen LogP contribution in [-0.4, -0.2) is 30.1 Å². The van der Waals surface area contributed by atoms with Crippen LogP contribution in [0.2, 0.25) is 0 Å². The van der Waals surface area contributed by atoms with Crippen LogP contribution in [0.25, 0.3) is 0 Å². The normalized spacial score (nSPS) is 24.0. The van der Waals surface area contributed by atoms with E-state index in [2.05, 4.69) is 6.58 Å². The molecular formula is C14H24ClO4P. The Labute approximate surface area is 126 Å². The summed E-state index contributed by atoms with van der Waals surface area (Å²) < 4.78 is 23.2. The summed E-state index contributed by atoms with van der Waals surface area (Å²) in [6, 6.07) is 0. The van der Waals surface area contributed by atoms with E-state index in [-0.39, 0.29) is 19.4 Å². The van der Waals surface area contributed by atoms with E-state index in [1.807, 2.05) is 0 Å². The summed E-state index contributed by atoms with van der Waals surface area (Å²) in [5.41, 5.74) is -0.538. The van der Waals surface area contributed by atoms with Gasteiger partial charge in [-0.1, -0.05) is 17.7 Å². The Morgan fingerprint density at radius 3 is 2.55 bits per heavy atom. The van der Waals surface area contributed by atoms with Crippen LogP contribution in [0.15, 0.2) is 23.3 Å². The van der Waals surface area contributed by atoms with Crippen molar-refractivity contribution >= 4 is 19.2 Å². The molecule has 0 aliphatic heterocycles. The number of hydrogen-bond acceptors (Lipinski definition) is 4. The van der Waals surface area contributed by atoms with E-state index in [1.165, 1.54) is 0 Å². The molecule has 20 heavy (non-hydrogen) atoms. The minimum atomic E-state index is -3.32. The van der Waals surface area contributed by atoms with E-state index in [0.717, 1.165) is 12.8 Å². The smallest absolute Gasteiger partial charge is 0.333 e. The van der Waals surface area contributed by atoms with E-state index in [1.54, 1.807) is 19.9 Å². The molecular weight excluding hydrogens is 299 g/mol. The van der Waals surface area contributed by atoms with E-state index in [0.29, 0.717) is 23.4 Å². The van der Waals surface area contributed by atoms with Gasteiger partial charge in [-0.3, -0.25) is 4.57 Å². The second-order valence-electron chi connectivity index (χ2n) is 4.87. The van der Waals surface area contributed by atoms with Gasteiger partial charge >= 0.3 is 7.60 Å². The van der Waals surface area contributed by atoms with Gasteiger partial charge in [-0.25, -0.2) is 0 Å². The van der Waals surface area contributed by atoms with Crippen LogP contribution in [0.4, 0.5) is 0 Å². The van der Waals surface area contributed by atoms with Gasteiger partial charge in [0.05, 0.1) is 25.0 Å². The number of aliphatic hydroxyl groups is 1. The molecule has 0 aromatic rings. The molecule has 1 aliphatic rings. The average Bonchev–Trinajstić information content (AvgIpc) is 2.34. The lowest BCUT2D eigenvalue weighted by molar-refractivity contribution is 0.0717. The number of hydrogen-bond donors (Lipinski definition) is 1. The lowest BCUT2D eigenvalue weighted by Gasteiger charge is -2.37. The van der Waals surface area contributed by atoms with Crippen LogP contribution in [0.1, 0.15) is 39.5 Å². The zero-order valence-corrected chi connectivity index (χ0v) is 13.9. The molecule has 0 saturated carbocycles. The molecule has 1 unspecified atom stereocenters. The second kappa shape index (κ2) is 7.77. The molecule has 0 fully saturated rings. The fraction of sp³-hybridized carbons (Fsp3) is 0.714. The van der Waals surface area contributed by atoms with Gasteiger partial charge in [0.1, 0.15) is 0 Å². The summed E-state index contributed by atoms with van der Waals surface area (Å²) in [5, 5.41) is 11.5. The Morgan fingerprint density at radius 2 is 2.05 bits per heavy atom. The molecule has 1 rings (SSSR count). The Hall–Kier alpha value is -0.120. The Balaban J connectivity index is 3.03. The van der Waals surface area contributed by atoms with Gasteiger partial charge in [-0.2, -0.15) is 0 Å². The molecule has 0 spiro atoms. The maximum absolute atomic E-state index is 12.6. The number of rotatable bonds is 8. The van der Waals surface area contributed by atoms with E-state index in [9.17, 15) is 9.67 Å². The first-order valence-corrected chi connectivity index (χ1v) is 9.10. The van der Waals surface area contributed by atoms with Crippen molar-refractivity contribution in [3.63, 3.8) is 0 Å². The van der Waals surface area contributed by atoms with Crippen LogP contribution in [0.5, 0.6) is 0 Å². The molecule has 4 nitrogen and oxygen atoms in total. The molecule has 1 atom stereocenters. The molecule has 1 aliphatic carbocycles. The van der Waals surface area contributed by atoms with E-state index >= 15 is 0 Å². The minimum Gasteiger partial charge on any atom is -0.385 e. The minimum absolute atomic E-state index is 0.0545. The Kier molecular flexibility index (Phi) is 6.96. The van der Waals surface area contributed by atoms with Crippen molar-refractivity contribution in [3.05, 3.63) is 23.3 Å². The number of halogens is 1. The maximum atomic E-state index is 12.6. The largest absolute Gasteiger partial charge is 0.385 e. The van der Waals surface area contributed by atoms with Gasteiger partial charge < -0.3 is 14.2 Å². The van der Waals surface area contributed by atoms with Crippen LogP contribution < -0.4 is 0 Å². The monoisotopic (exact) mass is 322 g/mol. The van der Waals surface area contributed by atoms with Crippen molar-refractivity contribution in [2.45, 2.75) is 45.1 Å². The predicted octanol–water partition coefficient (Wildman–Crippen LogP) is 4.24. The van der Waals surface area contributed by atoms with Crippen molar-refractivity contribution in [2.24, 2.45) is 0 Å². The topological polar surface area (TPSA) is 55.8 Å². The molecule has 0 amide bonds. The standard InChI is InChI=1S/C14H24ClO4P/c1-4-8-12-13(15)9-7-10-14(12,16)11-20(17,18-5-2)19-6-3/h4,16H,1,5-11H2,2-3H3. The lowest BCUT2D eigenvalue weighted by Crippen LogP contribution is -2.38. The summed E-state index contributed by atoms with van der Waals surface area (Å²) >= 11 is 6.23. The second-order valence-corrected chi connectivity index (χ2v) is 7.38. The quantitative estimate of drug-likeness (QED) is 0.536. The van der Waals surface area contributed by atoms with Crippen LogP contribution in [0.3, 0.4) is 0 Å². The average molecular weight is 323 g/mol. The van der Waals surface area contributed by atoms with Gasteiger partial charge in [-0.15, -0.1) is 6.58 Å². The summed E-state index contributed by atoms with van der Waals surface area (Å²) in [5.74, 6) is 0. The highest BCUT2D eigenvalue weighted by Gasteiger charge is 2.43. The van der Waals surface area contributed by atoms with Crippen molar-refractivity contribution in [3.8, 4) is 0 Å². The zero-order valence-electron chi connectivity index (χ0n) is 12.2. The summed E-state index contributed by atoms with van der Waals surface area (Å²) in [7, 11) is -3.32. The molecule has 6 heteroatoms. The molecule has 116 valence electrons. The summed E-state index contributed by atoms with van der Waals surface area (Å²) in [6.45, 7) is 7.76. The van der Waals surface area contributed by atoms with E-state index in [4.69, 9.17) is 20.6 Å². The molecule has 0 aromatic heterocycles. The lowest BCUT2D eigenvalue weighted by atomic mass is 9.83. The fourth-order valence-corrected chi connectivity index (χ4v) is 4.97. The van der Waals surface area contributed by atoms with Crippen molar-refractivity contribution in [2.75, 3.05) is 19.4 Å². The first-order valence-electron chi connectivity index (χ1n) is 7.00. The highest BCUT2D eigenvalue weighted by molar-refractivity contribution is 7.53. The highest BCUT2D eigenvalue weighted by atomic mass is 35.5. The fourth-order valence-electron chi connectivity index (χ4n) is 2.55. The Morgan fingerprint density at radius 1 is 1.45 bits per heavy atom. The first-order chi connectivity index (χ1) is 9.40. The van der Waals surface area contributed by atoms with Gasteiger partial charge in [-0.05, 0) is 45.1 Å². The summed E-state index contributed by atoms with van der Waals surface area (Å²) in [4.78, 5) is 0. The maximum Gasteiger partial charge on any atom is 0.333 e. The summed E-state index contributed by atoms with van der Waals surface area (Å²) in [6.07, 6.45) is 4.13. The van der Waals surface area contributed by atoms with Gasteiger partial charge in [0.15, 0.2) is 0 Å². The Bertz CT molecular complexity index is 411. The van der Waals surface area contributed by atoms with Crippen LogP contribution in [0, 0.1) is 0 Å². The van der Waals surface area contributed by atoms with Gasteiger partial charge in [0.2, 0.25) is 0 Å². The zero-order chi connectivity index (χ0) is 15.2. The molecule has 0 saturated heterocycles. The SMILES string of the molecule is C=CCC1=C(Cl)CCCC1(O)CP(=O)(OCC)OCC. The van der Waals surface area contributed by atoms with Crippen molar-refractivity contribution in [1.82, 2.24) is 0 Å². The first kappa shape index (κ1) is 17.9. The third-order valence-corrected chi connectivity index (χ3v) is 5.96. The van der Waals surface area contributed by atoms with Crippen molar-refractivity contribution in [1.29, 1.82) is 0 Å². The molecule has 0 aromatic carbocycles. The third kappa shape index (κ3) is 4.44. The van der Waals surface area contributed by atoms with E-state index < -0.39 is 13.2 Å². The highest BCUT2D eigenvalue weighted by Crippen LogP contribution is 2.54. The third-order valence-electron chi connectivity index (χ3n) is 3.33. The predicted molar refractivity (Wildman–Crippen MR) is 82.2 cm³/mol. The van der Waals surface area contributed by atoms with Gasteiger partial charge in [0.25, 0.3) is 0 Å². The van der Waals surface area contributed by atoms with Crippen LogP contribution >= 0.6 is 19.2 Å². The molecule has 0 bridgehead atoms. The molecule has 0 heterocycles. The van der Waals surface area contributed by atoms with Gasteiger partial charge in [0, 0.05) is 5.03 Å². The molecule has 0 radical (unpaired) electrons. The number of allylic oxidation sites excluding steroid dienone is 2.